The number of carbonyl (C=O) groups excluding carboxylic acids is 1. The van der Waals surface area contributed by atoms with E-state index in [1.54, 1.807) is 0 Å². The van der Waals surface area contributed by atoms with E-state index in [1.807, 2.05) is 0 Å². The van der Waals surface area contributed by atoms with Crippen LogP contribution in [0.2, 0.25) is 0 Å². The molecule has 4 aliphatic heterocycles. The molecule has 0 amide bonds. The summed E-state index contributed by atoms with van der Waals surface area (Å²) in [4.78, 5) is 52.9. The number of ether oxygens (including phenoxy) is 6. The van der Waals surface area contributed by atoms with E-state index in [2.05, 4.69) is 4.99 Å². The van der Waals surface area contributed by atoms with Crippen LogP contribution >= 0.6 is 0 Å². The van der Waals surface area contributed by atoms with Gasteiger partial charge in [-0.1, -0.05) is 6.07 Å². The van der Waals surface area contributed by atoms with Crippen LogP contribution in [0.15, 0.2) is 65.3 Å². The number of carboxylic acids is 3. The van der Waals surface area contributed by atoms with Crippen LogP contribution in [0.4, 0.5) is 5.69 Å². The molecule has 0 radical (unpaired) electrons. The average Bonchev–Trinajstić information content (AvgIpc) is 3.73. The van der Waals surface area contributed by atoms with E-state index in [0.717, 1.165) is 18.2 Å². The van der Waals surface area contributed by atoms with E-state index in [0.29, 0.717) is 11.1 Å². The van der Waals surface area contributed by atoms with Crippen molar-refractivity contribution in [2.24, 2.45) is 4.99 Å². The second-order valence-corrected chi connectivity index (χ2v) is 14.4. The Morgan fingerprint density at radius 1 is 0.951 bits per heavy atom. The molecule has 61 heavy (non-hydrogen) atoms. The third-order valence-corrected chi connectivity index (χ3v) is 10.2. The molecule has 6 rings (SSSR count). The minimum atomic E-state index is -2.24. The van der Waals surface area contributed by atoms with Crippen molar-refractivity contribution in [3.63, 3.8) is 0 Å². The zero-order valence-electron chi connectivity index (χ0n) is 32.0. The first-order valence-corrected chi connectivity index (χ1v) is 18.4. The van der Waals surface area contributed by atoms with Crippen LogP contribution in [-0.4, -0.2) is 168 Å². The monoisotopic (exact) mass is 858 g/mol. The van der Waals surface area contributed by atoms with Gasteiger partial charge in [0.25, 0.3) is 0 Å². The van der Waals surface area contributed by atoms with E-state index >= 15 is 0 Å². The first-order valence-electron chi connectivity index (χ1n) is 18.4. The summed E-state index contributed by atoms with van der Waals surface area (Å²) in [5.41, 5.74) is -1.59. The van der Waals surface area contributed by atoms with Gasteiger partial charge in [0.15, 0.2) is 47.0 Å². The molecule has 0 spiro atoms. The summed E-state index contributed by atoms with van der Waals surface area (Å²) >= 11 is 0. The Morgan fingerprint density at radius 3 is 2.38 bits per heavy atom. The Hall–Kier alpha value is -6.11. The highest BCUT2D eigenvalue weighted by Gasteiger charge is 2.54. The first-order chi connectivity index (χ1) is 28.9. The highest BCUT2D eigenvalue weighted by Crippen LogP contribution is 2.42. The number of esters is 1. The lowest BCUT2D eigenvalue weighted by Crippen LogP contribution is -2.62. The molecule has 2 aromatic carbocycles. The minimum Gasteiger partial charge on any atom is -0.504 e. The Labute approximate surface area is 344 Å². The second-order valence-electron chi connectivity index (χ2n) is 14.4. The molecule has 2 fully saturated rings. The number of fused-ring (bicyclic) bond motifs is 1. The topological polar surface area (TPSA) is 342 Å². The summed E-state index contributed by atoms with van der Waals surface area (Å²) in [5, 5.41) is 104. The van der Waals surface area contributed by atoms with Crippen LogP contribution in [0.1, 0.15) is 17.5 Å². The van der Waals surface area contributed by atoms with Crippen LogP contribution in [-0.2, 0) is 44.5 Å². The van der Waals surface area contributed by atoms with E-state index in [9.17, 15) is 70.2 Å². The summed E-state index contributed by atoms with van der Waals surface area (Å²) in [5.74, 6) is -5.95. The highest BCUT2D eigenvalue weighted by atomic mass is 16.8. The molecular formula is C39H42N2O20. The second kappa shape index (κ2) is 18.2. The molecule has 2 aromatic rings. The van der Waals surface area contributed by atoms with Gasteiger partial charge in [-0.15, -0.1) is 0 Å². The zero-order chi connectivity index (χ0) is 44.3. The number of phenolic OH excluding ortho intramolecular Hbond substituents is 2. The summed E-state index contributed by atoms with van der Waals surface area (Å²) in [6.07, 6.45) is -6.60. The predicted octanol–water partition coefficient (Wildman–Crippen LogP) is -1.35. The fourth-order valence-electron chi connectivity index (χ4n) is 6.90. The molecular weight excluding hydrogens is 816 g/mol. The van der Waals surface area contributed by atoms with Crippen LogP contribution < -0.4 is 14.4 Å². The van der Waals surface area contributed by atoms with E-state index in [-0.39, 0.29) is 41.4 Å². The summed E-state index contributed by atoms with van der Waals surface area (Å²) in [7, 11) is 1.35. The number of aliphatic carboxylic acids is 3. The maximum Gasteiger partial charge on any atom is 0.354 e. The Morgan fingerprint density at radius 2 is 1.70 bits per heavy atom. The molecule has 0 aliphatic carbocycles. The number of aliphatic hydroxyl groups excluding tert-OH is 4. The summed E-state index contributed by atoms with van der Waals surface area (Å²) in [6, 6.07) is 4.05. The van der Waals surface area contributed by atoms with Crippen LogP contribution in [0.5, 0.6) is 23.0 Å². The van der Waals surface area contributed by atoms with Gasteiger partial charge in [-0.25, -0.2) is 19.2 Å². The van der Waals surface area contributed by atoms with Crippen molar-refractivity contribution in [2.45, 2.75) is 73.6 Å². The number of carboxylic acid groups (broad SMARTS) is 3. The number of hydrogen-bond acceptors (Lipinski definition) is 19. The highest BCUT2D eigenvalue weighted by molar-refractivity contribution is 6.41. The Balaban J connectivity index is 1.17. The van der Waals surface area contributed by atoms with Gasteiger partial charge in [-0.2, -0.15) is 0 Å². The van der Waals surface area contributed by atoms with E-state index < -0.39 is 116 Å². The molecule has 10 atom stereocenters. The molecule has 328 valence electrons. The number of carbonyl (C=O) groups is 4. The Bertz CT molecular complexity index is 2150. The standard InChI is InChI=1S/C39H42N2O20/c1-56-26-10-17(2-4-24(26)43)3-5-29(45)57-15-39(55)16-58-38(33(39)48)61-32-31(47)30(46)28(14-42)60-37(32)59-27-12-19-11-23(36(53)54)41(22(19)13-25(27)44)7-6-18-8-20(34(49)50)40-21(9-18)35(51)52/h2-8,10,12-13,21,23,28,30-33,37-38,42-44,46-48,55H,9,11,14-16H2,1H3,(H,49,50)(H,51,52)(H,53,54)/b5-3+,7-6?/t21-,23-,28+,30+,31-,32+,33-,37+,38-,39+/m0/s1. The molecule has 4 aliphatic rings. The molecule has 0 unspecified atom stereocenters. The number of aromatic hydroxyl groups is 2. The number of allylic oxidation sites excluding steroid dienone is 1. The number of hydrogen-bond donors (Lipinski definition) is 10. The quantitative estimate of drug-likeness (QED) is 0.0731. The number of rotatable bonds is 15. The van der Waals surface area contributed by atoms with Gasteiger partial charge in [0, 0.05) is 36.9 Å². The lowest BCUT2D eigenvalue weighted by molar-refractivity contribution is -0.319. The van der Waals surface area contributed by atoms with Gasteiger partial charge in [0.1, 0.15) is 42.8 Å². The Kier molecular flexibility index (Phi) is 13.3. The zero-order valence-corrected chi connectivity index (χ0v) is 32.0. The smallest absolute Gasteiger partial charge is 0.354 e. The third kappa shape index (κ3) is 9.61. The van der Waals surface area contributed by atoms with Gasteiger partial charge in [0.2, 0.25) is 6.29 Å². The minimum absolute atomic E-state index is 0.120. The normalized spacial score (nSPS) is 29.9. The predicted molar refractivity (Wildman–Crippen MR) is 203 cm³/mol. The number of aliphatic hydroxyl groups is 5. The lowest BCUT2D eigenvalue weighted by Gasteiger charge is -2.42. The summed E-state index contributed by atoms with van der Waals surface area (Å²) in [6.45, 7) is -2.26. The van der Waals surface area contributed by atoms with Gasteiger partial charge in [-0.05, 0) is 53.1 Å². The largest absolute Gasteiger partial charge is 0.504 e. The van der Waals surface area contributed by atoms with Crippen molar-refractivity contribution in [2.75, 3.05) is 31.8 Å². The van der Waals surface area contributed by atoms with Crippen LogP contribution in [0.25, 0.3) is 6.08 Å². The van der Waals surface area contributed by atoms with E-state index in [1.165, 1.54) is 54.6 Å². The van der Waals surface area contributed by atoms with Crippen molar-refractivity contribution in [1.82, 2.24) is 0 Å². The number of methoxy groups -OCH3 is 1. The fraction of sp³-hybridized carbons (Fsp3) is 0.410. The van der Waals surface area contributed by atoms with Crippen molar-refractivity contribution in [3.8, 4) is 23.0 Å². The van der Waals surface area contributed by atoms with Crippen molar-refractivity contribution >= 4 is 41.4 Å². The molecule has 0 bridgehead atoms. The van der Waals surface area contributed by atoms with Gasteiger partial charge in [-0.3, -0.25) is 4.99 Å². The average molecular weight is 859 g/mol. The molecule has 10 N–H and O–H groups in total. The number of aliphatic imine (C=N–C) groups is 1. The first kappa shape index (κ1) is 44.4. The molecule has 0 saturated carbocycles. The van der Waals surface area contributed by atoms with Crippen LogP contribution in [0.3, 0.4) is 0 Å². The maximum absolute atomic E-state index is 12.5. The van der Waals surface area contributed by atoms with Crippen molar-refractivity contribution in [1.29, 1.82) is 0 Å². The molecule has 22 heteroatoms. The van der Waals surface area contributed by atoms with Crippen LogP contribution in [0, 0.1) is 0 Å². The molecule has 22 nitrogen and oxygen atoms in total. The summed E-state index contributed by atoms with van der Waals surface area (Å²) < 4.78 is 32.9. The maximum atomic E-state index is 12.5. The third-order valence-electron chi connectivity index (χ3n) is 10.2. The van der Waals surface area contributed by atoms with Crippen molar-refractivity contribution in [3.05, 3.63) is 71.5 Å². The van der Waals surface area contributed by atoms with E-state index in [4.69, 9.17) is 28.4 Å². The molecule has 0 aromatic heterocycles. The van der Waals surface area contributed by atoms with Gasteiger partial charge in [0.05, 0.1) is 20.3 Å². The number of anilines is 1. The van der Waals surface area contributed by atoms with Gasteiger partial charge >= 0.3 is 23.9 Å². The molecule has 4 heterocycles. The lowest BCUT2D eigenvalue weighted by atomic mass is 9.98. The van der Waals surface area contributed by atoms with Crippen molar-refractivity contribution < 1.29 is 98.7 Å². The number of nitrogens with zero attached hydrogens (tertiary/aromatic N) is 2. The number of dihydropyridines is 1. The fourth-order valence-corrected chi connectivity index (χ4v) is 6.90. The number of phenols is 2. The SMILES string of the molecule is COc1cc(/C=C/C(=O)OC[C@@]2(O)CO[C@@H](O[C@H]3[C@H](Oc4cc5c(cc4O)N(C=CC4=CC(C(=O)O)=N[C@H](C(=O)O)C4)[C@H](C(=O)O)C5)O[C@H](CO)[C@@H](O)[C@@H]3O)[C@@H]2O)ccc1O. The molecule has 2 saturated heterocycles. The number of benzene rings is 2. The van der Waals surface area contributed by atoms with Gasteiger partial charge < -0.3 is 84.4 Å².